The number of aryl methyl sites for hydroxylation is 1. The van der Waals surface area contributed by atoms with Crippen LogP contribution in [0.1, 0.15) is 23.3 Å². The molecule has 0 unspecified atom stereocenters. The van der Waals surface area contributed by atoms with Crippen molar-refractivity contribution in [2.75, 3.05) is 32.6 Å². The van der Waals surface area contributed by atoms with Gasteiger partial charge in [-0.25, -0.2) is 15.0 Å². The first-order chi connectivity index (χ1) is 11.0. The van der Waals surface area contributed by atoms with E-state index in [0.29, 0.717) is 6.54 Å². The first-order valence-corrected chi connectivity index (χ1v) is 9.27. The highest BCUT2D eigenvalue weighted by molar-refractivity contribution is 14.0. The van der Waals surface area contributed by atoms with Crippen molar-refractivity contribution in [1.29, 1.82) is 0 Å². The van der Waals surface area contributed by atoms with E-state index in [9.17, 15) is 0 Å². The van der Waals surface area contributed by atoms with E-state index >= 15 is 0 Å². The Morgan fingerprint density at radius 1 is 1.17 bits per heavy atom. The van der Waals surface area contributed by atoms with E-state index in [-0.39, 0.29) is 24.0 Å². The summed E-state index contributed by atoms with van der Waals surface area (Å²) < 4.78 is 0. The molecule has 0 atom stereocenters. The minimum atomic E-state index is 0. The molecule has 134 valence electrons. The minimum absolute atomic E-state index is 0. The Labute approximate surface area is 169 Å². The predicted molar refractivity (Wildman–Crippen MR) is 115 cm³/mol. The van der Waals surface area contributed by atoms with Crippen LogP contribution in [0.2, 0.25) is 0 Å². The molecule has 0 saturated heterocycles. The second kappa shape index (κ2) is 10.1. The second-order valence-electron chi connectivity index (χ2n) is 5.40. The molecule has 0 fully saturated rings. The van der Waals surface area contributed by atoms with Crippen molar-refractivity contribution < 1.29 is 0 Å². The van der Waals surface area contributed by atoms with Crippen LogP contribution in [0.25, 0.3) is 0 Å². The lowest BCUT2D eigenvalue weighted by atomic mass is 10.4. The predicted octanol–water partition coefficient (Wildman–Crippen LogP) is 3.19. The average Bonchev–Trinajstić information content (AvgIpc) is 3.12. The molecule has 0 aromatic carbocycles. The molecule has 1 N–H and O–H groups in total. The summed E-state index contributed by atoms with van der Waals surface area (Å²) in [6.07, 6.45) is 0. The summed E-state index contributed by atoms with van der Waals surface area (Å²) in [6.45, 7) is 6.25. The van der Waals surface area contributed by atoms with E-state index in [1.807, 2.05) is 33.0 Å². The van der Waals surface area contributed by atoms with Gasteiger partial charge >= 0.3 is 0 Å². The van der Waals surface area contributed by atoms with Gasteiger partial charge in [-0.1, -0.05) is 0 Å². The van der Waals surface area contributed by atoms with Gasteiger partial charge in [0.2, 0.25) is 0 Å². The molecule has 0 spiro atoms. The number of rotatable bonds is 6. The molecule has 6 nitrogen and oxygen atoms in total. The van der Waals surface area contributed by atoms with E-state index in [0.717, 1.165) is 40.6 Å². The van der Waals surface area contributed by atoms with Gasteiger partial charge in [0.15, 0.2) is 11.1 Å². The topological polar surface area (TPSA) is 56.7 Å². The first-order valence-electron chi connectivity index (χ1n) is 7.51. The maximum Gasteiger partial charge on any atom is 0.194 e. The largest absolute Gasteiger partial charge is 0.357 e. The average molecular weight is 480 g/mol. The van der Waals surface area contributed by atoms with Gasteiger partial charge in [-0.2, -0.15) is 0 Å². The van der Waals surface area contributed by atoms with E-state index in [1.165, 1.54) is 0 Å². The van der Waals surface area contributed by atoms with Crippen molar-refractivity contribution >= 4 is 57.7 Å². The molecule has 2 rings (SSSR count). The Hall–Kier alpha value is -0.940. The smallest absolute Gasteiger partial charge is 0.194 e. The number of hydrogen-bond donors (Lipinski definition) is 1. The molecule has 2 aromatic heterocycles. The summed E-state index contributed by atoms with van der Waals surface area (Å²) >= 11 is 3.32. The Morgan fingerprint density at radius 2 is 1.88 bits per heavy atom. The van der Waals surface area contributed by atoms with Crippen LogP contribution in [-0.2, 0) is 13.1 Å². The molecule has 2 aromatic rings. The van der Waals surface area contributed by atoms with E-state index in [1.54, 1.807) is 22.7 Å². The quantitative estimate of drug-likeness (QED) is 0.391. The number of guanidine groups is 1. The Morgan fingerprint density at radius 3 is 2.42 bits per heavy atom. The van der Waals surface area contributed by atoms with Gasteiger partial charge in [-0.05, 0) is 13.8 Å². The summed E-state index contributed by atoms with van der Waals surface area (Å²) in [7, 11) is 6.03. The van der Waals surface area contributed by atoms with E-state index < -0.39 is 0 Å². The molecule has 0 radical (unpaired) electrons. The number of nitrogens with one attached hydrogen (secondary N) is 1. The van der Waals surface area contributed by atoms with Crippen LogP contribution < -0.4 is 10.2 Å². The number of aliphatic imine (C=N–C) groups is 1. The van der Waals surface area contributed by atoms with Crippen LogP contribution in [0, 0.1) is 6.92 Å². The van der Waals surface area contributed by atoms with Crippen molar-refractivity contribution in [3.63, 3.8) is 0 Å². The summed E-state index contributed by atoms with van der Waals surface area (Å²) in [5.74, 6) is 0.873. The van der Waals surface area contributed by atoms with Crippen LogP contribution >= 0.6 is 46.7 Å². The van der Waals surface area contributed by atoms with Gasteiger partial charge in [0.1, 0.15) is 0 Å². The van der Waals surface area contributed by atoms with Crippen LogP contribution in [0.15, 0.2) is 15.8 Å². The second-order valence-corrected chi connectivity index (χ2v) is 7.30. The Balaban J connectivity index is 0.00000288. The number of halogens is 1. The van der Waals surface area contributed by atoms with Crippen LogP contribution in [0.5, 0.6) is 0 Å². The molecule has 24 heavy (non-hydrogen) atoms. The fourth-order valence-electron chi connectivity index (χ4n) is 2.00. The van der Waals surface area contributed by atoms with Crippen LogP contribution in [-0.4, -0.2) is 48.5 Å². The zero-order valence-electron chi connectivity index (χ0n) is 14.7. The lowest BCUT2D eigenvalue weighted by molar-refractivity contribution is 0.470. The zero-order valence-corrected chi connectivity index (χ0v) is 18.7. The van der Waals surface area contributed by atoms with Crippen LogP contribution in [0.4, 0.5) is 5.13 Å². The molecule has 9 heteroatoms. The van der Waals surface area contributed by atoms with Gasteiger partial charge in [0.05, 0.1) is 29.5 Å². The third-order valence-electron chi connectivity index (χ3n) is 3.08. The normalized spacial score (nSPS) is 11.1. The highest BCUT2D eigenvalue weighted by atomic mass is 127. The molecule has 0 saturated carbocycles. The number of aromatic nitrogens is 2. The third kappa shape index (κ3) is 6.17. The third-order valence-corrected chi connectivity index (χ3v) is 4.95. The molecule has 0 bridgehead atoms. The summed E-state index contributed by atoms with van der Waals surface area (Å²) in [5.41, 5.74) is 2.07. The van der Waals surface area contributed by atoms with Gasteiger partial charge in [-0.3, -0.25) is 0 Å². The molecule has 2 heterocycles. The van der Waals surface area contributed by atoms with E-state index in [4.69, 9.17) is 4.99 Å². The van der Waals surface area contributed by atoms with Crippen LogP contribution in [0.3, 0.4) is 0 Å². The number of thiazole rings is 2. The minimum Gasteiger partial charge on any atom is -0.357 e. The van der Waals surface area contributed by atoms with Gasteiger partial charge in [0.25, 0.3) is 0 Å². The molecule has 0 aliphatic heterocycles. The monoisotopic (exact) mass is 480 g/mol. The van der Waals surface area contributed by atoms with Gasteiger partial charge in [0, 0.05) is 38.4 Å². The lowest BCUT2D eigenvalue weighted by Crippen LogP contribution is -2.38. The van der Waals surface area contributed by atoms with Crippen molar-refractivity contribution in [2.45, 2.75) is 26.9 Å². The number of nitrogens with zero attached hydrogens (tertiary/aromatic N) is 5. The fourth-order valence-corrected chi connectivity index (χ4v) is 3.35. The molecule has 0 amide bonds. The first kappa shape index (κ1) is 21.1. The zero-order chi connectivity index (χ0) is 16.8. The van der Waals surface area contributed by atoms with Gasteiger partial charge < -0.3 is 15.1 Å². The lowest BCUT2D eigenvalue weighted by Gasteiger charge is -2.21. The van der Waals surface area contributed by atoms with Crippen molar-refractivity contribution in [1.82, 2.24) is 20.2 Å². The highest BCUT2D eigenvalue weighted by Gasteiger charge is 2.09. The van der Waals surface area contributed by atoms with Crippen molar-refractivity contribution in [3.05, 3.63) is 27.2 Å². The Bertz CT molecular complexity index is 652. The Kier molecular flexibility index (Phi) is 8.92. The highest BCUT2D eigenvalue weighted by Crippen LogP contribution is 2.18. The summed E-state index contributed by atoms with van der Waals surface area (Å²) in [5, 5.41) is 9.58. The van der Waals surface area contributed by atoms with Crippen molar-refractivity contribution in [3.8, 4) is 0 Å². The SMILES string of the molecule is CCNC(=NCc1csc(N(C)C)n1)N(C)Cc1csc(C)n1.I. The maximum absolute atomic E-state index is 4.69. The number of hydrogen-bond acceptors (Lipinski definition) is 6. The summed E-state index contributed by atoms with van der Waals surface area (Å²) in [6, 6.07) is 0. The maximum atomic E-state index is 4.69. The van der Waals surface area contributed by atoms with Crippen molar-refractivity contribution in [2.24, 2.45) is 4.99 Å². The molecular formula is C15H25IN6S2. The molecule has 0 aliphatic rings. The molecule has 0 aliphatic carbocycles. The van der Waals surface area contributed by atoms with E-state index in [2.05, 4.69) is 37.9 Å². The van der Waals surface area contributed by atoms with Gasteiger partial charge in [-0.15, -0.1) is 46.7 Å². The molecular weight excluding hydrogens is 455 g/mol. The number of anilines is 1. The fraction of sp³-hybridized carbons (Fsp3) is 0.533. The summed E-state index contributed by atoms with van der Waals surface area (Å²) in [4.78, 5) is 17.9. The standard InChI is InChI=1S/C15H24N6S2.HI/c1-6-16-14(21(5)8-13-10-22-11(2)18-13)17-7-12-9-23-15(19-12)20(3)4;/h9-10H,6-8H2,1-5H3,(H,16,17);1H.